The van der Waals surface area contributed by atoms with Gasteiger partial charge in [0.2, 0.25) is 0 Å². The fourth-order valence-electron chi connectivity index (χ4n) is 0. The molecule has 1 atom stereocenters. The standard InChI is InChI=1S/C2H7O3P.Ba.2H/c1-5-6(2,3)4;;;/h1-2H3,(H,3,4);;;. The van der Waals surface area contributed by atoms with Crippen LogP contribution in [0, 0.1) is 0 Å². The molecule has 0 amide bonds. The van der Waals surface area contributed by atoms with Gasteiger partial charge in [-0.3, -0.25) is 4.57 Å². The van der Waals surface area contributed by atoms with Gasteiger partial charge < -0.3 is 9.42 Å². The van der Waals surface area contributed by atoms with Crippen molar-refractivity contribution in [2.75, 3.05) is 13.8 Å². The second-order valence-corrected chi connectivity index (χ2v) is 2.96. The maximum absolute atomic E-state index is 9.92. The predicted octanol–water partition coefficient (Wildman–Crippen LogP) is -0.468. The molecule has 0 aliphatic rings. The third-order valence-corrected chi connectivity index (χ3v) is 1.02. The van der Waals surface area contributed by atoms with Crippen molar-refractivity contribution in [1.29, 1.82) is 0 Å². The summed E-state index contributed by atoms with van der Waals surface area (Å²) in [6, 6.07) is 0. The van der Waals surface area contributed by atoms with Gasteiger partial charge in [0.25, 0.3) is 0 Å². The van der Waals surface area contributed by atoms with E-state index in [4.69, 9.17) is 4.89 Å². The van der Waals surface area contributed by atoms with Crippen LogP contribution in [0.15, 0.2) is 0 Å². The van der Waals surface area contributed by atoms with Crippen molar-refractivity contribution >= 4 is 56.5 Å². The molecule has 0 bridgehead atoms. The van der Waals surface area contributed by atoms with Gasteiger partial charge in [-0.2, -0.15) is 0 Å². The molecular formula is C2H9BaO3P. The Hall–Kier alpha value is 1.72. The molecule has 0 radical (unpaired) electrons. The molecule has 0 aromatic carbocycles. The average Bonchev–Trinajstić information content (AvgIpc) is 1.35. The third kappa shape index (κ3) is 11.3. The van der Waals surface area contributed by atoms with Crippen LogP contribution in [0.1, 0.15) is 0 Å². The van der Waals surface area contributed by atoms with E-state index in [0.717, 1.165) is 6.66 Å². The second-order valence-electron chi connectivity index (χ2n) is 0.986. The van der Waals surface area contributed by atoms with Crippen LogP contribution >= 0.6 is 7.60 Å². The molecule has 0 saturated carbocycles. The first-order valence-electron chi connectivity index (χ1n) is 1.42. The summed E-state index contributed by atoms with van der Waals surface area (Å²) in [4.78, 5) is 8.16. The summed E-state index contributed by atoms with van der Waals surface area (Å²) in [5, 5.41) is 0. The number of rotatable bonds is 1. The Kier molecular flexibility index (Phi) is 7.54. The Labute approximate surface area is 83.1 Å². The maximum atomic E-state index is 9.92. The van der Waals surface area contributed by atoms with Crippen LogP contribution in [0.2, 0.25) is 0 Å². The average molecular weight is 249 g/mol. The molecule has 0 heterocycles. The summed E-state index contributed by atoms with van der Waals surface area (Å²) in [5.74, 6) is 0. The summed E-state index contributed by atoms with van der Waals surface area (Å²) in [7, 11) is -1.95. The molecule has 0 aromatic rings. The van der Waals surface area contributed by atoms with Crippen LogP contribution in [0.25, 0.3) is 0 Å². The predicted molar refractivity (Wildman–Crippen MR) is 31.3 cm³/mol. The zero-order valence-electron chi connectivity index (χ0n) is 3.71. The first-order chi connectivity index (χ1) is 2.56. The van der Waals surface area contributed by atoms with Crippen molar-refractivity contribution < 1.29 is 14.0 Å². The third-order valence-electron chi connectivity index (χ3n) is 0.339. The zero-order chi connectivity index (χ0) is 5.21. The minimum absolute atomic E-state index is 0. The Morgan fingerprint density at radius 3 is 1.86 bits per heavy atom. The molecule has 5 heteroatoms. The molecule has 0 spiro atoms. The van der Waals surface area contributed by atoms with Crippen LogP contribution in [0.4, 0.5) is 0 Å². The van der Waals surface area contributed by atoms with E-state index in [0.29, 0.717) is 0 Å². The van der Waals surface area contributed by atoms with E-state index >= 15 is 0 Å². The van der Waals surface area contributed by atoms with E-state index < -0.39 is 7.60 Å². The quantitative estimate of drug-likeness (QED) is 0.505. The van der Waals surface area contributed by atoms with E-state index in [1.807, 2.05) is 0 Å². The van der Waals surface area contributed by atoms with Gasteiger partial charge >= 0.3 is 56.5 Å². The van der Waals surface area contributed by atoms with Crippen LogP contribution < -0.4 is 0 Å². The van der Waals surface area contributed by atoms with Crippen molar-refractivity contribution in [1.82, 2.24) is 0 Å². The normalized spacial score (nSPS) is 17.0. The molecule has 1 unspecified atom stereocenters. The summed E-state index contributed by atoms with van der Waals surface area (Å²) in [6.45, 7) is 1.13. The molecule has 3 nitrogen and oxygen atoms in total. The molecule has 1 N–H and O–H groups in total. The zero-order valence-corrected chi connectivity index (χ0v) is 4.61. The van der Waals surface area contributed by atoms with Gasteiger partial charge in [0.05, 0.1) is 0 Å². The summed E-state index contributed by atoms with van der Waals surface area (Å²) in [5.41, 5.74) is 0. The first-order valence-corrected chi connectivity index (χ1v) is 3.45. The SMILES string of the molecule is COP(C)(=O)O.[BaH2]. The minimum atomic E-state index is -3.15. The van der Waals surface area contributed by atoms with Crippen molar-refractivity contribution in [2.45, 2.75) is 0 Å². The Balaban J connectivity index is 0. The summed E-state index contributed by atoms with van der Waals surface area (Å²) in [6.07, 6.45) is 0. The van der Waals surface area contributed by atoms with Crippen molar-refractivity contribution in [3.8, 4) is 0 Å². The number of hydrogen-bond acceptors (Lipinski definition) is 2. The van der Waals surface area contributed by atoms with Crippen molar-refractivity contribution in [2.24, 2.45) is 0 Å². The molecule has 0 saturated heterocycles. The van der Waals surface area contributed by atoms with Gasteiger partial charge in [-0.25, -0.2) is 0 Å². The van der Waals surface area contributed by atoms with Gasteiger partial charge in [0.1, 0.15) is 0 Å². The van der Waals surface area contributed by atoms with Crippen LogP contribution in [0.3, 0.4) is 0 Å². The van der Waals surface area contributed by atoms with Crippen molar-refractivity contribution in [3.63, 3.8) is 0 Å². The monoisotopic (exact) mass is 250 g/mol. The molecule has 7 heavy (non-hydrogen) atoms. The molecule has 0 aliphatic carbocycles. The Bertz CT molecular complexity index is 77.0. The van der Waals surface area contributed by atoms with Crippen LogP contribution in [-0.2, 0) is 9.09 Å². The fourth-order valence-corrected chi connectivity index (χ4v) is 0. The molecule has 0 fully saturated rings. The van der Waals surface area contributed by atoms with E-state index in [1.54, 1.807) is 0 Å². The van der Waals surface area contributed by atoms with E-state index in [2.05, 4.69) is 4.52 Å². The number of hydrogen-bond donors (Lipinski definition) is 1. The van der Waals surface area contributed by atoms with Crippen LogP contribution in [-0.4, -0.2) is 67.5 Å². The summed E-state index contributed by atoms with van der Waals surface area (Å²) >= 11 is 0. The molecule has 42 valence electrons. The first kappa shape index (κ1) is 11.5. The van der Waals surface area contributed by atoms with Crippen LogP contribution in [0.5, 0.6) is 0 Å². The fraction of sp³-hybridized carbons (Fsp3) is 1.00. The Morgan fingerprint density at radius 2 is 1.86 bits per heavy atom. The van der Waals surface area contributed by atoms with Gasteiger partial charge in [-0.15, -0.1) is 0 Å². The van der Waals surface area contributed by atoms with Gasteiger partial charge in [-0.1, -0.05) is 0 Å². The molecule has 0 aromatic heterocycles. The van der Waals surface area contributed by atoms with Crippen molar-refractivity contribution in [3.05, 3.63) is 0 Å². The van der Waals surface area contributed by atoms with E-state index in [1.165, 1.54) is 7.11 Å². The molecule has 0 aliphatic heterocycles. The Morgan fingerprint density at radius 1 is 1.71 bits per heavy atom. The molecular weight excluding hydrogens is 240 g/mol. The van der Waals surface area contributed by atoms with E-state index in [-0.39, 0.29) is 48.9 Å². The van der Waals surface area contributed by atoms with E-state index in [9.17, 15) is 4.57 Å². The van der Waals surface area contributed by atoms with Gasteiger partial charge in [0, 0.05) is 13.8 Å². The topological polar surface area (TPSA) is 46.5 Å². The van der Waals surface area contributed by atoms with Gasteiger partial charge in [0.15, 0.2) is 0 Å². The molecule has 0 rings (SSSR count). The second kappa shape index (κ2) is 4.59. The summed E-state index contributed by atoms with van der Waals surface area (Å²) < 4.78 is 14.0. The van der Waals surface area contributed by atoms with Gasteiger partial charge in [-0.05, 0) is 0 Å².